The largest absolute Gasteiger partial charge is 2.00 e. The number of halogens is 3. The van der Waals surface area contributed by atoms with E-state index in [4.69, 9.17) is 32.7 Å². The van der Waals surface area contributed by atoms with Gasteiger partial charge in [0.1, 0.15) is 11.3 Å². The predicted molar refractivity (Wildman–Crippen MR) is 124 cm³/mol. The summed E-state index contributed by atoms with van der Waals surface area (Å²) in [6, 6.07) is 6.40. The minimum absolute atomic E-state index is 0. The Hall–Kier alpha value is -0.484. The van der Waals surface area contributed by atoms with Crippen molar-refractivity contribution in [2.24, 2.45) is 0 Å². The Bertz CT molecular complexity index is 718. The van der Waals surface area contributed by atoms with Crippen molar-refractivity contribution >= 4 is 52.2 Å². The number of carbonyl (C=O) groups excluding carboxylic acids is 1. The van der Waals surface area contributed by atoms with Crippen molar-refractivity contribution in [1.29, 1.82) is 0 Å². The quantitative estimate of drug-likeness (QED) is 0.349. The fourth-order valence-corrected chi connectivity index (χ4v) is 1.98. The van der Waals surface area contributed by atoms with Gasteiger partial charge in [0.15, 0.2) is 0 Å². The summed E-state index contributed by atoms with van der Waals surface area (Å²) in [4.78, 5) is 18.8. The molecule has 31 heavy (non-hydrogen) atoms. The van der Waals surface area contributed by atoms with E-state index >= 15 is 0 Å². The van der Waals surface area contributed by atoms with Gasteiger partial charge in [0.2, 0.25) is 0 Å². The molecule has 0 aliphatic heterocycles. The molecule has 1 N–H and O–H groups in total. The van der Waals surface area contributed by atoms with E-state index in [1.807, 2.05) is 13.8 Å². The summed E-state index contributed by atoms with van der Waals surface area (Å²) < 4.78 is 9.56. The van der Waals surface area contributed by atoms with Crippen molar-refractivity contribution in [3.8, 4) is 0 Å². The van der Waals surface area contributed by atoms with Crippen molar-refractivity contribution < 1.29 is 36.4 Å². The van der Waals surface area contributed by atoms with Crippen molar-refractivity contribution in [3.63, 3.8) is 0 Å². The Morgan fingerprint density at radius 3 is 1.81 bits per heavy atom. The van der Waals surface area contributed by atoms with Gasteiger partial charge in [0, 0.05) is 35.7 Å². The number of nitrogens with zero attached hydrogens (tertiary/aromatic N) is 2. The number of aliphatic hydroxyl groups is 1. The van der Waals surface area contributed by atoms with Crippen LogP contribution in [0, 0.1) is 7.43 Å². The van der Waals surface area contributed by atoms with E-state index in [0.29, 0.717) is 22.3 Å². The van der Waals surface area contributed by atoms with Crippen molar-refractivity contribution in [2.45, 2.75) is 40.2 Å². The van der Waals surface area contributed by atoms with Gasteiger partial charge in [-0.3, -0.25) is 4.98 Å². The Morgan fingerprint density at radius 2 is 1.48 bits per heavy atom. The minimum atomic E-state index is -0.912. The molecule has 2 aromatic rings. The first-order valence-electron chi connectivity index (χ1n) is 8.86. The molecule has 2 aromatic heterocycles. The molecule has 0 saturated carbocycles. The fraction of sp³-hybridized carbons (Fsp3) is 0.429. The van der Waals surface area contributed by atoms with E-state index < -0.39 is 11.6 Å². The van der Waals surface area contributed by atoms with Crippen LogP contribution in [0.15, 0.2) is 36.7 Å². The molecule has 0 saturated heterocycles. The van der Waals surface area contributed by atoms with Crippen LogP contribution in [0.5, 0.6) is 0 Å². The Kier molecular flexibility index (Phi) is 26.1. The molecule has 0 radical (unpaired) electrons. The van der Waals surface area contributed by atoms with Gasteiger partial charge in [0.05, 0.1) is 12.3 Å². The smallest absolute Gasteiger partial charge is 1.00 e. The fourth-order valence-electron chi connectivity index (χ4n) is 1.66. The summed E-state index contributed by atoms with van der Waals surface area (Å²) in [5.74, 6) is -0.444. The zero-order valence-corrected chi connectivity index (χ0v) is 23.5. The molecule has 172 valence electrons. The van der Waals surface area contributed by atoms with E-state index in [0.717, 1.165) is 13.2 Å². The average Bonchev–Trinajstić information content (AvgIpc) is 2.63. The van der Waals surface area contributed by atoms with Crippen LogP contribution in [0.4, 0.5) is 0 Å². The molecule has 10 heteroatoms. The van der Waals surface area contributed by atoms with E-state index in [9.17, 15) is 9.90 Å². The summed E-state index contributed by atoms with van der Waals surface area (Å²) in [5.41, 5.74) is -0.0837. The maximum absolute atomic E-state index is 11.1. The van der Waals surface area contributed by atoms with Crippen LogP contribution < -0.4 is 17.0 Å². The Balaban J connectivity index is -0.000000180. The van der Waals surface area contributed by atoms with Gasteiger partial charge < -0.3 is 39.0 Å². The zero-order valence-electron chi connectivity index (χ0n) is 19.0. The number of carbonyl (C=O) groups is 1. The summed E-state index contributed by atoms with van der Waals surface area (Å²) in [5, 5.41) is 10.6. The van der Waals surface area contributed by atoms with Gasteiger partial charge in [-0.15, -0.1) is 0 Å². The third-order valence-corrected chi connectivity index (χ3v) is 3.43. The molecule has 2 rings (SSSR count). The van der Waals surface area contributed by atoms with Crippen LogP contribution in [-0.2, 0) is 15.1 Å². The molecular weight excluding hydrogens is 519 g/mol. The van der Waals surface area contributed by atoms with Crippen LogP contribution >= 0.6 is 23.2 Å². The Labute approximate surface area is 223 Å². The maximum Gasteiger partial charge on any atom is 2.00 e. The molecule has 0 aromatic carbocycles. The van der Waals surface area contributed by atoms with E-state index in [1.54, 1.807) is 45.2 Å². The van der Waals surface area contributed by atoms with E-state index in [-0.39, 0.29) is 53.2 Å². The molecule has 0 amide bonds. The minimum Gasteiger partial charge on any atom is -1.00 e. The first-order chi connectivity index (χ1) is 13.1. The third-order valence-electron chi connectivity index (χ3n) is 2.96. The number of pyridine rings is 2. The molecule has 0 fully saturated rings. The van der Waals surface area contributed by atoms with Crippen LogP contribution in [0.25, 0.3) is 0 Å². The number of ether oxygens (including phenoxy) is 2. The monoisotopic (exact) mass is 548 g/mol. The third kappa shape index (κ3) is 18.8. The normalized spacial score (nSPS) is 9.16. The molecule has 0 unspecified atom stereocenters. The molecule has 0 aliphatic rings. The Morgan fingerprint density at radius 1 is 1.00 bits per heavy atom. The topological polar surface area (TPSA) is 81.5 Å². The van der Waals surface area contributed by atoms with Gasteiger partial charge in [0.25, 0.3) is 0 Å². The summed E-state index contributed by atoms with van der Waals surface area (Å²) in [6.07, 6.45) is 3.05. The van der Waals surface area contributed by atoms with E-state index in [1.165, 1.54) is 12.3 Å². The summed E-state index contributed by atoms with van der Waals surface area (Å²) in [6.45, 7) is 11.1. The second-order valence-corrected chi connectivity index (χ2v) is 6.65. The SMILES string of the molecule is CC(C)(O)c1cc(Cl)ccn1.CCOC(=O)c1cc(Cl)ccn1.CCOCC.[Br-].[CH3-].[Mg+2]. The molecule has 0 bridgehead atoms. The predicted octanol–water partition coefficient (Wildman–Crippen LogP) is 1.99. The molecule has 2 heterocycles. The second kappa shape index (κ2) is 21.4. The van der Waals surface area contributed by atoms with Gasteiger partial charge in [-0.2, -0.15) is 0 Å². The first-order valence-corrected chi connectivity index (χ1v) is 9.62. The van der Waals surface area contributed by atoms with Crippen LogP contribution in [0.1, 0.15) is 50.8 Å². The molecular formula is C21H31BrCl2MgN2O4. The number of aromatic nitrogens is 2. The number of hydrogen-bond donors (Lipinski definition) is 1. The summed E-state index contributed by atoms with van der Waals surface area (Å²) >= 11 is 11.3. The number of hydrogen-bond acceptors (Lipinski definition) is 6. The van der Waals surface area contributed by atoms with Crippen molar-refractivity contribution in [1.82, 2.24) is 9.97 Å². The van der Waals surface area contributed by atoms with Crippen LogP contribution in [-0.4, -0.2) is 63.9 Å². The van der Waals surface area contributed by atoms with Crippen molar-refractivity contribution in [2.75, 3.05) is 19.8 Å². The standard InChI is InChI=1S/C8H8ClNO2.C8H10ClNO.C4H10O.CH3.BrH.Mg/c1-2-12-8(11)7-5-6(9)3-4-10-7;1-8(2,11)7-5-6(9)3-4-10-7;1-3-5-4-2;;;/h3-5H,2H2,1H3;3-5,11H,1-2H3;3-4H2,1-2H3;1H3;1H;/q;;;-1;;+2/p-1. The van der Waals surface area contributed by atoms with Crippen molar-refractivity contribution in [3.05, 3.63) is 65.5 Å². The first kappa shape index (κ1) is 37.8. The zero-order chi connectivity index (χ0) is 21.6. The van der Waals surface area contributed by atoms with Gasteiger partial charge in [-0.05, 0) is 58.9 Å². The van der Waals surface area contributed by atoms with E-state index in [2.05, 4.69) is 9.97 Å². The van der Waals surface area contributed by atoms with Gasteiger partial charge in [-0.1, -0.05) is 23.2 Å². The summed E-state index contributed by atoms with van der Waals surface area (Å²) in [7, 11) is 0. The molecule has 0 atom stereocenters. The number of rotatable bonds is 5. The number of esters is 1. The second-order valence-electron chi connectivity index (χ2n) is 5.78. The van der Waals surface area contributed by atoms with Crippen LogP contribution in [0.3, 0.4) is 0 Å². The molecule has 6 nitrogen and oxygen atoms in total. The van der Waals surface area contributed by atoms with Gasteiger partial charge in [-0.25, -0.2) is 9.78 Å². The molecule has 0 spiro atoms. The molecule has 0 aliphatic carbocycles. The average molecular weight is 551 g/mol. The van der Waals surface area contributed by atoms with Gasteiger partial charge >= 0.3 is 29.0 Å². The van der Waals surface area contributed by atoms with Crippen LogP contribution in [0.2, 0.25) is 10.0 Å². The maximum atomic E-state index is 11.1.